The first-order chi connectivity index (χ1) is 14.0. The molecular weight excluding hydrogens is 368 g/mol. The second-order valence-electron chi connectivity index (χ2n) is 9.76. The molecule has 3 rings (SSSR count). The summed E-state index contributed by atoms with van der Waals surface area (Å²) >= 11 is 0. The lowest BCUT2D eigenvalue weighted by Gasteiger charge is -2.27. The molecule has 3 aromatic carbocycles. The number of aliphatic imine (C=N–C) groups is 1. The van der Waals surface area contributed by atoms with Gasteiger partial charge in [-0.1, -0.05) is 59.7 Å². The predicted molar refractivity (Wildman–Crippen MR) is 129 cm³/mol. The van der Waals surface area contributed by atoms with Gasteiger partial charge in [0.25, 0.3) is 0 Å². The lowest BCUT2D eigenvalue weighted by atomic mass is 9.78. The third-order valence-corrected chi connectivity index (χ3v) is 5.04. The van der Waals surface area contributed by atoms with Crippen molar-refractivity contribution in [1.29, 1.82) is 0 Å². The van der Waals surface area contributed by atoms with Crippen molar-refractivity contribution >= 4 is 23.3 Å². The third kappa shape index (κ3) is 5.29. The molecule has 3 nitrogen and oxygen atoms in total. The van der Waals surface area contributed by atoms with Gasteiger partial charge in [-0.15, -0.1) is 0 Å². The number of nitrogens with one attached hydrogen (secondary N) is 1. The number of phenolic OH excluding ortho intramolecular Hbond substituents is 1. The van der Waals surface area contributed by atoms with Crippen molar-refractivity contribution in [1.82, 2.24) is 0 Å². The molecule has 0 aromatic heterocycles. The molecule has 0 bridgehead atoms. The molecule has 0 unspecified atom stereocenters. The fourth-order valence-corrected chi connectivity index (χ4v) is 3.34. The van der Waals surface area contributed by atoms with Gasteiger partial charge < -0.3 is 10.4 Å². The van der Waals surface area contributed by atoms with Crippen molar-refractivity contribution < 1.29 is 5.11 Å². The van der Waals surface area contributed by atoms with E-state index in [1.165, 1.54) is 0 Å². The number of anilines is 2. The highest BCUT2D eigenvalue weighted by molar-refractivity contribution is 5.83. The molecule has 0 radical (unpaired) electrons. The Bertz CT molecular complexity index is 986. The zero-order valence-corrected chi connectivity index (χ0v) is 18.8. The van der Waals surface area contributed by atoms with Gasteiger partial charge in [-0.25, -0.2) is 0 Å². The van der Waals surface area contributed by atoms with Crippen molar-refractivity contribution in [2.75, 3.05) is 5.32 Å². The molecule has 3 heteroatoms. The van der Waals surface area contributed by atoms with E-state index in [1.807, 2.05) is 72.9 Å². The smallest absolute Gasteiger partial charge is 0.123 e. The van der Waals surface area contributed by atoms with E-state index in [4.69, 9.17) is 0 Å². The summed E-state index contributed by atoms with van der Waals surface area (Å²) < 4.78 is 0. The van der Waals surface area contributed by atoms with Crippen LogP contribution in [0.15, 0.2) is 71.7 Å². The van der Waals surface area contributed by atoms with E-state index in [-0.39, 0.29) is 10.8 Å². The second-order valence-corrected chi connectivity index (χ2v) is 9.76. The summed E-state index contributed by atoms with van der Waals surface area (Å²) in [5, 5.41) is 14.2. The Morgan fingerprint density at radius 2 is 1.23 bits per heavy atom. The molecule has 0 aliphatic rings. The Hall–Kier alpha value is -3.07. The summed E-state index contributed by atoms with van der Waals surface area (Å²) in [6.45, 7) is 12.7. The normalized spacial score (nSPS) is 12.3. The Morgan fingerprint density at radius 1 is 0.733 bits per heavy atom. The summed E-state index contributed by atoms with van der Waals surface area (Å²) in [5.74, 6) is 0.392. The zero-order valence-electron chi connectivity index (χ0n) is 18.8. The number of nitrogens with zero attached hydrogens (tertiary/aromatic N) is 1. The highest BCUT2D eigenvalue weighted by Gasteiger charge is 2.26. The van der Waals surface area contributed by atoms with Crippen LogP contribution in [-0.4, -0.2) is 11.3 Å². The van der Waals surface area contributed by atoms with Crippen LogP contribution in [0.25, 0.3) is 0 Å². The van der Waals surface area contributed by atoms with E-state index in [2.05, 4.69) is 51.9 Å². The predicted octanol–water partition coefficient (Wildman–Crippen LogP) is 7.48. The van der Waals surface area contributed by atoms with E-state index < -0.39 is 0 Å². The van der Waals surface area contributed by atoms with Crippen LogP contribution in [-0.2, 0) is 10.8 Å². The van der Waals surface area contributed by atoms with E-state index in [9.17, 15) is 5.11 Å². The number of aromatic hydroxyl groups is 1. The summed E-state index contributed by atoms with van der Waals surface area (Å²) in [6.07, 6.45) is 1.88. The Kier molecular flexibility index (Phi) is 6.02. The lowest BCUT2D eigenvalue weighted by Crippen LogP contribution is -2.17. The average Bonchev–Trinajstić information content (AvgIpc) is 2.67. The monoisotopic (exact) mass is 400 g/mol. The van der Waals surface area contributed by atoms with Crippen LogP contribution < -0.4 is 5.32 Å². The summed E-state index contributed by atoms with van der Waals surface area (Å²) in [7, 11) is 0. The molecule has 0 spiro atoms. The first-order valence-electron chi connectivity index (χ1n) is 10.4. The van der Waals surface area contributed by atoms with Crippen molar-refractivity contribution in [3.63, 3.8) is 0 Å². The zero-order chi connectivity index (χ0) is 21.9. The Morgan fingerprint density at radius 3 is 1.73 bits per heavy atom. The molecule has 0 saturated carbocycles. The quantitative estimate of drug-likeness (QED) is 0.446. The van der Waals surface area contributed by atoms with E-state index in [1.54, 1.807) is 0 Å². The second kappa shape index (κ2) is 8.35. The summed E-state index contributed by atoms with van der Waals surface area (Å²) in [4.78, 5) is 4.67. The van der Waals surface area contributed by atoms with Gasteiger partial charge in [0.1, 0.15) is 5.75 Å². The molecule has 2 N–H and O–H groups in total. The number of hydrogen-bond acceptors (Lipinski definition) is 3. The van der Waals surface area contributed by atoms with E-state index in [0.717, 1.165) is 33.8 Å². The Balaban J connectivity index is 1.86. The molecule has 0 fully saturated rings. The van der Waals surface area contributed by atoms with Crippen LogP contribution >= 0.6 is 0 Å². The van der Waals surface area contributed by atoms with Gasteiger partial charge in [-0.3, -0.25) is 4.99 Å². The van der Waals surface area contributed by atoms with Gasteiger partial charge in [-0.2, -0.15) is 0 Å². The van der Waals surface area contributed by atoms with Crippen molar-refractivity contribution in [3.05, 3.63) is 83.4 Å². The highest BCUT2D eigenvalue weighted by Crippen LogP contribution is 2.39. The molecule has 156 valence electrons. The minimum absolute atomic E-state index is 0.154. The van der Waals surface area contributed by atoms with Crippen molar-refractivity contribution in [3.8, 4) is 5.75 Å². The largest absolute Gasteiger partial charge is 0.507 e. The van der Waals surface area contributed by atoms with Gasteiger partial charge in [0.2, 0.25) is 0 Å². The number of phenols is 1. The topological polar surface area (TPSA) is 44.6 Å². The van der Waals surface area contributed by atoms with Crippen LogP contribution in [0.5, 0.6) is 5.75 Å². The van der Waals surface area contributed by atoms with Crippen molar-refractivity contribution in [2.24, 2.45) is 4.99 Å². The summed E-state index contributed by atoms with van der Waals surface area (Å²) in [5.41, 5.74) is 5.54. The fraction of sp³-hybridized carbons (Fsp3) is 0.296. The minimum atomic E-state index is -0.154. The maximum atomic E-state index is 10.9. The fourth-order valence-electron chi connectivity index (χ4n) is 3.34. The maximum absolute atomic E-state index is 10.9. The first kappa shape index (κ1) is 21.6. The minimum Gasteiger partial charge on any atom is -0.507 e. The van der Waals surface area contributed by atoms with Crippen LogP contribution in [0.2, 0.25) is 0 Å². The molecular formula is C27H32N2O. The van der Waals surface area contributed by atoms with Crippen LogP contribution in [0, 0.1) is 0 Å². The molecule has 30 heavy (non-hydrogen) atoms. The van der Waals surface area contributed by atoms with E-state index >= 15 is 0 Å². The molecule has 0 aliphatic heterocycles. The molecule has 0 heterocycles. The van der Waals surface area contributed by atoms with Gasteiger partial charge in [0.15, 0.2) is 0 Å². The van der Waals surface area contributed by atoms with Crippen LogP contribution in [0.3, 0.4) is 0 Å². The molecule has 0 amide bonds. The van der Waals surface area contributed by atoms with E-state index in [0.29, 0.717) is 5.75 Å². The lowest BCUT2D eigenvalue weighted by molar-refractivity contribution is 0.423. The maximum Gasteiger partial charge on any atom is 0.123 e. The van der Waals surface area contributed by atoms with Gasteiger partial charge in [0.05, 0.1) is 5.69 Å². The van der Waals surface area contributed by atoms with Crippen LogP contribution in [0.4, 0.5) is 17.1 Å². The number of rotatable bonds is 4. The highest BCUT2D eigenvalue weighted by atomic mass is 16.3. The SMILES string of the molecule is CC(C)(C)c1cc(C=Nc2ccc(Nc3ccccc3)cc2)cc(C(C)(C)C)c1O. The van der Waals surface area contributed by atoms with Gasteiger partial charge >= 0.3 is 0 Å². The van der Waals surface area contributed by atoms with Crippen molar-refractivity contribution in [2.45, 2.75) is 52.4 Å². The van der Waals surface area contributed by atoms with Crippen LogP contribution in [0.1, 0.15) is 58.2 Å². The Labute approximate surface area is 180 Å². The summed E-state index contributed by atoms with van der Waals surface area (Å²) in [6, 6.07) is 22.2. The first-order valence-corrected chi connectivity index (χ1v) is 10.4. The van der Waals surface area contributed by atoms with Gasteiger partial charge in [0, 0.05) is 28.7 Å². The third-order valence-electron chi connectivity index (χ3n) is 5.04. The molecule has 0 aliphatic carbocycles. The molecule has 0 atom stereocenters. The number of para-hydroxylation sites is 1. The average molecular weight is 401 g/mol. The number of hydrogen-bond donors (Lipinski definition) is 2. The number of benzene rings is 3. The van der Waals surface area contributed by atoms with Gasteiger partial charge in [-0.05, 0) is 64.9 Å². The molecule has 0 saturated heterocycles. The molecule has 3 aromatic rings. The standard InChI is InChI=1S/C27H32N2O/c1-26(2,3)23-16-19(17-24(25(23)30)27(4,5)6)18-28-20-12-14-22(15-13-20)29-21-10-8-7-9-11-21/h7-18,29-30H,1-6H3.